The number of nitrogens with zero attached hydrogens (tertiary/aromatic N) is 2. The highest BCUT2D eigenvalue weighted by atomic mass is 16.1. The van der Waals surface area contributed by atoms with Crippen LogP contribution in [0.15, 0.2) is 0 Å². The van der Waals surface area contributed by atoms with E-state index in [4.69, 9.17) is 5.26 Å². The second-order valence-electron chi connectivity index (χ2n) is 2.94. The van der Waals surface area contributed by atoms with Gasteiger partial charge in [0.2, 0.25) is 5.91 Å². The Kier molecular flexibility index (Phi) is 3.06. The third-order valence-electron chi connectivity index (χ3n) is 2.08. The Morgan fingerprint density at radius 1 is 1.67 bits per heavy atom. The Bertz CT molecular complexity index is 209. The third kappa shape index (κ3) is 2.21. The molecule has 0 saturated carbocycles. The van der Waals surface area contributed by atoms with Crippen molar-refractivity contribution in [2.24, 2.45) is 0 Å². The molecule has 0 aliphatic carbocycles. The molecule has 1 aliphatic rings. The molecule has 12 heavy (non-hydrogen) atoms. The topological polar surface area (TPSA) is 56.1 Å². The SMILES string of the molecule is CC(C#N)N1CCNC(=O)CC1. The number of carbonyl (C=O) groups is 1. The van der Waals surface area contributed by atoms with E-state index < -0.39 is 0 Å². The number of hydrogen-bond acceptors (Lipinski definition) is 3. The summed E-state index contributed by atoms with van der Waals surface area (Å²) in [7, 11) is 0. The highest BCUT2D eigenvalue weighted by molar-refractivity contribution is 5.76. The highest BCUT2D eigenvalue weighted by Gasteiger charge is 2.17. The predicted molar refractivity (Wildman–Crippen MR) is 44.3 cm³/mol. The Balaban J connectivity index is 2.47. The molecule has 1 saturated heterocycles. The van der Waals surface area contributed by atoms with Crippen LogP contribution in [0.1, 0.15) is 13.3 Å². The summed E-state index contributed by atoms with van der Waals surface area (Å²) in [6.07, 6.45) is 0.506. The summed E-state index contributed by atoms with van der Waals surface area (Å²) in [4.78, 5) is 12.9. The van der Waals surface area contributed by atoms with Crippen molar-refractivity contribution < 1.29 is 4.79 Å². The Hall–Kier alpha value is -1.08. The van der Waals surface area contributed by atoms with Gasteiger partial charge in [-0.25, -0.2) is 0 Å². The van der Waals surface area contributed by atoms with Gasteiger partial charge in [0.15, 0.2) is 0 Å². The fraction of sp³-hybridized carbons (Fsp3) is 0.750. The smallest absolute Gasteiger partial charge is 0.221 e. The van der Waals surface area contributed by atoms with Crippen LogP contribution in [0.25, 0.3) is 0 Å². The minimum absolute atomic E-state index is 0.0855. The molecule has 4 nitrogen and oxygen atoms in total. The molecule has 0 aromatic heterocycles. The summed E-state index contributed by atoms with van der Waals surface area (Å²) in [6.45, 7) is 3.99. The zero-order valence-electron chi connectivity index (χ0n) is 7.21. The third-order valence-corrected chi connectivity index (χ3v) is 2.08. The fourth-order valence-electron chi connectivity index (χ4n) is 1.25. The van der Waals surface area contributed by atoms with Gasteiger partial charge in [0.05, 0.1) is 12.1 Å². The number of amides is 1. The molecule has 1 unspecified atom stereocenters. The Morgan fingerprint density at radius 3 is 3.08 bits per heavy atom. The molecule has 0 aromatic carbocycles. The summed E-state index contributed by atoms with van der Waals surface area (Å²) in [5, 5.41) is 11.4. The van der Waals surface area contributed by atoms with Gasteiger partial charge in [-0.3, -0.25) is 9.69 Å². The Morgan fingerprint density at radius 2 is 2.42 bits per heavy atom. The van der Waals surface area contributed by atoms with Crippen LogP contribution in [-0.2, 0) is 4.79 Å². The predicted octanol–water partition coefficient (Wildman–Crippen LogP) is -0.280. The number of nitriles is 1. The van der Waals surface area contributed by atoms with Crippen LogP contribution < -0.4 is 5.32 Å². The first kappa shape index (κ1) is 9.01. The highest BCUT2D eigenvalue weighted by Crippen LogP contribution is 2.01. The van der Waals surface area contributed by atoms with Crippen molar-refractivity contribution in [3.63, 3.8) is 0 Å². The first-order chi connectivity index (χ1) is 5.74. The summed E-state index contributed by atoms with van der Waals surface area (Å²) in [5.74, 6) is 0.0858. The molecule has 1 rings (SSSR count). The first-order valence-electron chi connectivity index (χ1n) is 4.14. The molecule has 0 spiro atoms. The van der Waals surface area contributed by atoms with Crippen molar-refractivity contribution in [1.29, 1.82) is 5.26 Å². The lowest BCUT2D eigenvalue weighted by Gasteiger charge is -2.20. The molecular formula is C8H13N3O. The van der Waals surface area contributed by atoms with Crippen LogP contribution in [0.4, 0.5) is 0 Å². The fourth-order valence-corrected chi connectivity index (χ4v) is 1.25. The minimum Gasteiger partial charge on any atom is -0.355 e. The van der Waals surface area contributed by atoms with Crippen LogP contribution in [0.5, 0.6) is 0 Å². The van der Waals surface area contributed by atoms with Crippen LogP contribution >= 0.6 is 0 Å². The van der Waals surface area contributed by atoms with Gasteiger partial charge >= 0.3 is 0 Å². The largest absolute Gasteiger partial charge is 0.355 e. The molecular weight excluding hydrogens is 154 g/mol. The van der Waals surface area contributed by atoms with E-state index in [2.05, 4.69) is 11.4 Å². The van der Waals surface area contributed by atoms with Gasteiger partial charge in [-0.05, 0) is 6.92 Å². The normalized spacial score (nSPS) is 22.2. The summed E-state index contributed by atoms with van der Waals surface area (Å²) in [5.41, 5.74) is 0. The summed E-state index contributed by atoms with van der Waals surface area (Å²) < 4.78 is 0. The van der Waals surface area contributed by atoms with E-state index in [9.17, 15) is 4.79 Å². The maximum absolute atomic E-state index is 10.9. The molecule has 0 aromatic rings. The van der Waals surface area contributed by atoms with Crippen molar-refractivity contribution in [3.8, 4) is 6.07 Å². The average Bonchev–Trinajstić information content (AvgIpc) is 2.29. The lowest BCUT2D eigenvalue weighted by Crippen LogP contribution is -2.34. The molecule has 1 atom stereocenters. The Labute approximate surface area is 72.2 Å². The van der Waals surface area contributed by atoms with E-state index in [1.807, 2.05) is 11.8 Å². The van der Waals surface area contributed by atoms with Crippen molar-refractivity contribution in [2.75, 3.05) is 19.6 Å². The quantitative estimate of drug-likeness (QED) is 0.584. The van der Waals surface area contributed by atoms with Crippen molar-refractivity contribution in [2.45, 2.75) is 19.4 Å². The molecule has 1 amide bonds. The van der Waals surface area contributed by atoms with E-state index in [1.54, 1.807) is 0 Å². The van der Waals surface area contributed by atoms with Gasteiger partial charge < -0.3 is 5.32 Å². The lowest BCUT2D eigenvalue weighted by atomic mass is 10.3. The van der Waals surface area contributed by atoms with E-state index in [0.717, 1.165) is 6.54 Å². The van der Waals surface area contributed by atoms with Crippen molar-refractivity contribution in [3.05, 3.63) is 0 Å². The average molecular weight is 167 g/mol. The zero-order chi connectivity index (χ0) is 8.97. The van der Waals surface area contributed by atoms with Crippen LogP contribution in [-0.4, -0.2) is 36.5 Å². The van der Waals surface area contributed by atoms with E-state index >= 15 is 0 Å². The minimum atomic E-state index is -0.0855. The maximum atomic E-state index is 10.9. The number of rotatable bonds is 1. The van der Waals surface area contributed by atoms with Gasteiger partial charge in [-0.2, -0.15) is 5.26 Å². The second-order valence-corrected chi connectivity index (χ2v) is 2.94. The molecule has 1 fully saturated rings. The zero-order valence-corrected chi connectivity index (χ0v) is 7.21. The number of carbonyl (C=O) groups excluding carboxylic acids is 1. The number of nitrogens with one attached hydrogen (secondary N) is 1. The van der Waals surface area contributed by atoms with Crippen LogP contribution in [0.2, 0.25) is 0 Å². The monoisotopic (exact) mass is 167 g/mol. The standard InChI is InChI=1S/C8H13N3O/c1-7(6-9)11-4-2-8(12)10-3-5-11/h7H,2-5H2,1H3,(H,10,12). The van der Waals surface area contributed by atoms with Crippen molar-refractivity contribution in [1.82, 2.24) is 10.2 Å². The van der Waals surface area contributed by atoms with Crippen LogP contribution in [0.3, 0.4) is 0 Å². The summed E-state index contributed by atoms with van der Waals surface area (Å²) in [6, 6.07) is 2.08. The molecule has 66 valence electrons. The van der Waals surface area contributed by atoms with Gasteiger partial charge in [0.25, 0.3) is 0 Å². The van der Waals surface area contributed by atoms with Gasteiger partial charge in [0.1, 0.15) is 0 Å². The van der Waals surface area contributed by atoms with Gasteiger partial charge in [0, 0.05) is 26.1 Å². The molecule has 1 N–H and O–H groups in total. The molecule has 4 heteroatoms. The first-order valence-corrected chi connectivity index (χ1v) is 4.14. The molecule has 1 aliphatic heterocycles. The second kappa shape index (κ2) is 4.07. The molecule has 0 bridgehead atoms. The van der Waals surface area contributed by atoms with E-state index in [1.165, 1.54) is 0 Å². The van der Waals surface area contributed by atoms with E-state index in [0.29, 0.717) is 19.5 Å². The maximum Gasteiger partial charge on any atom is 0.221 e. The number of hydrogen-bond donors (Lipinski definition) is 1. The lowest BCUT2D eigenvalue weighted by molar-refractivity contribution is -0.120. The summed E-state index contributed by atoms with van der Waals surface area (Å²) >= 11 is 0. The van der Waals surface area contributed by atoms with Crippen molar-refractivity contribution >= 4 is 5.91 Å². The molecule has 1 heterocycles. The molecule has 0 radical (unpaired) electrons. The van der Waals surface area contributed by atoms with E-state index in [-0.39, 0.29) is 11.9 Å². The van der Waals surface area contributed by atoms with Crippen LogP contribution in [0, 0.1) is 11.3 Å². The van der Waals surface area contributed by atoms with Gasteiger partial charge in [-0.15, -0.1) is 0 Å². The van der Waals surface area contributed by atoms with Gasteiger partial charge in [-0.1, -0.05) is 0 Å².